The Hall–Kier alpha value is -2.13. The Morgan fingerprint density at radius 2 is 1.75 bits per heavy atom. The summed E-state index contributed by atoms with van der Waals surface area (Å²) in [6.45, 7) is 5.59. The minimum Gasteiger partial charge on any atom is -0.460 e. The molecule has 0 N–H and O–H groups in total. The predicted octanol–water partition coefficient (Wildman–Crippen LogP) is 4.20. The zero-order valence-corrected chi connectivity index (χ0v) is 14.4. The highest BCUT2D eigenvalue weighted by Gasteiger charge is 2.40. The molecule has 24 heavy (non-hydrogen) atoms. The first-order valence-electron chi connectivity index (χ1n) is 8.68. The van der Waals surface area contributed by atoms with Crippen LogP contribution in [0.4, 0.5) is 0 Å². The number of rotatable bonds is 5. The van der Waals surface area contributed by atoms with Crippen molar-refractivity contribution in [3.63, 3.8) is 0 Å². The van der Waals surface area contributed by atoms with Gasteiger partial charge in [-0.05, 0) is 36.9 Å². The van der Waals surface area contributed by atoms with E-state index in [1.165, 1.54) is 5.56 Å². The van der Waals surface area contributed by atoms with Crippen LogP contribution in [0.2, 0.25) is 0 Å². The number of benzene rings is 2. The van der Waals surface area contributed by atoms with Crippen molar-refractivity contribution in [1.29, 1.82) is 0 Å². The Labute approximate surface area is 144 Å². The summed E-state index contributed by atoms with van der Waals surface area (Å²) in [6.07, 6.45) is 1.03. The third-order valence-corrected chi connectivity index (χ3v) is 4.98. The molecule has 0 bridgehead atoms. The van der Waals surface area contributed by atoms with Crippen LogP contribution in [0, 0.1) is 5.92 Å². The molecule has 2 aromatic rings. The molecule has 3 rings (SSSR count). The Morgan fingerprint density at radius 1 is 1.12 bits per heavy atom. The van der Waals surface area contributed by atoms with Crippen LogP contribution in [0.1, 0.15) is 37.4 Å². The minimum atomic E-state index is -0.163. The summed E-state index contributed by atoms with van der Waals surface area (Å²) in [5.74, 6) is 0.214. The van der Waals surface area contributed by atoms with Crippen molar-refractivity contribution in [3.8, 4) is 0 Å². The molecule has 1 saturated heterocycles. The average molecular weight is 323 g/mol. The highest BCUT2D eigenvalue weighted by Crippen LogP contribution is 2.33. The zero-order chi connectivity index (χ0) is 16.9. The predicted molar refractivity (Wildman–Crippen MR) is 95.4 cm³/mol. The Morgan fingerprint density at radius 3 is 2.42 bits per heavy atom. The summed E-state index contributed by atoms with van der Waals surface area (Å²) in [5, 5.41) is 0. The number of carbonyl (C=O) groups is 1. The highest BCUT2D eigenvalue weighted by molar-refractivity contribution is 5.76. The van der Waals surface area contributed by atoms with Gasteiger partial charge < -0.3 is 4.74 Å². The normalized spacial score (nSPS) is 22.2. The van der Waals surface area contributed by atoms with Gasteiger partial charge in [0.15, 0.2) is 0 Å². The molecule has 0 radical (unpaired) electrons. The van der Waals surface area contributed by atoms with E-state index in [1.54, 1.807) is 0 Å². The number of carbonyl (C=O) groups excluding carboxylic acids is 1. The van der Waals surface area contributed by atoms with Gasteiger partial charge in [-0.3, -0.25) is 9.69 Å². The fourth-order valence-electron chi connectivity index (χ4n) is 3.52. The summed E-state index contributed by atoms with van der Waals surface area (Å²) in [5.41, 5.74) is 2.27. The number of ether oxygens (including phenoxy) is 1. The van der Waals surface area contributed by atoms with Crippen molar-refractivity contribution in [2.24, 2.45) is 5.92 Å². The summed E-state index contributed by atoms with van der Waals surface area (Å²) in [4.78, 5) is 15.0. The van der Waals surface area contributed by atoms with Gasteiger partial charge in [0.2, 0.25) is 0 Å². The van der Waals surface area contributed by atoms with Crippen LogP contribution in [0.25, 0.3) is 0 Å². The maximum absolute atomic E-state index is 12.7. The molecular formula is C21H25NO2. The molecule has 2 aromatic carbocycles. The van der Waals surface area contributed by atoms with E-state index in [2.05, 4.69) is 30.9 Å². The van der Waals surface area contributed by atoms with E-state index in [0.717, 1.165) is 18.5 Å². The molecule has 3 unspecified atom stereocenters. The number of likely N-dealkylation sites (tertiary alicyclic amines) is 1. The molecule has 1 heterocycles. The lowest BCUT2D eigenvalue weighted by Gasteiger charge is -2.31. The van der Waals surface area contributed by atoms with E-state index in [4.69, 9.17) is 4.74 Å². The van der Waals surface area contributed by atoms with Crippen molar-refractivity contribution >= 4 is 5.97 Å². The fraction of sp³-hybridized carbons (Fsp3) is 0.381. The van der Waals surface area contributed by atoms with Crippen LogP contribution in [0.5, 0.6) is 0 Å². The van der Waals surface area contributed by atoms with E-state index in [0.29, 0.717) is 12.5 Å². The van der Waals surface area contributed by atoms with Crippen LogP contribution >= 0.6 is 0 Å². The topological polar surface area (TPSA) is 29.5 Å². The van der Waals surface area contributed by atoms with Gasteiger partial charge >= 0.3 is 5.97 Å². The first kappa shape index (κ1) is 16.7. The van der Waals surface area contributed by atoms with Gasteiger partial charge in [0.25, 0.3) is 0 Å². The lowest BCUT2D eigenvalue weighted by Crippen LogP contribution is -2.41. The smallest absolute Gasteiger partial charge is 0.323 e. The van der Waals surface area contributed by atoms with Crippen molar-refractivity contribution in [3.05, 3.63) is 71.8 Å². The molecule has 0 aromatic heterocycles. The molecule has 0 amide bonds. The molecule has 3 nitrogen and oxygen atoms in total. The molecule has 3 heteroatoms. The Kier molecular flexibility index (Phi) is 5.31. The number of hydrogen-bond donors (Lipinski definition) is 0. The van der Waals surface area contributed by atoms with E-state index in [9.17, 15) is 4.79 Å². The standard InChI is InChI=1S/C21H25NO2/c1-16-13-14-22(17(2)19-11-7-4-8-12-19)20(16)21(23)24-15-18-9-5-3-6-10-18/h3-12,16-17,20H,13-15H2,1-2H3. The molecule has 1 aliphatic heterocycles. The third kappa shape index (κ3) is 3.68. The molecule has 0 saturated carbocycles. The summed E-state index contributed by atoms with van der Waals surface area (Å²) in [6, 6.07) is 20.3. The van der Waals surface area contributed by atoms with Crippen LogP contribution in [0.3, 0.4) is 0 Å². The highest BCUT2D eigenvalue weighted by atomic mass is 16.5. The zero-order valence-electron chi connectivity index (χ0n) is 14.4. The molecule has 126 valence electrons. The first-order chi connectivity index (χ1) is 11.7. The Balaban J connectivity index is 1.68. The van der Waals surface area contributed by atoms with Gasteiger partial charge in [0.05, 0.1) is 0 Å². The van der Waals surface area contributed by atoms with E-state index < -0.39 is 0 Å². The molecule has 3 atom stereocenters. The molecular weight excluding hydrogens is 298 g/mol. The average Bonchev–Trinajstić information content (AvgIpc) is 3.02. The van der Waals surface area contributed by atoms with E-state index in [-0.39, 0.29) is 18.1 Å². The second kappa shape index (κ2) is 7.63. The van der Waals surface area contributed by atoms with Crippen LogP contribution < -0.4 is 0 Å². The van der Waals surface area contributed by atoms with Gasteiger partial charge in [-0.2, -0.15) is 0 Å². The van der Waals surface area contributed by atoms with E-state index in [1.807, 2.05) is 48.5 Å². The number of nitrogens with zero attached hydrogens (tertiary/aromatic N) is 1. The molecule has 0 spiro atoms. The van der Waals surface area contributed by atoms with Gasteiger partial charge in [-0.1, -0.05) is 67.6 Å². The van der Waals surface area contributed by atoms with Crippen molar-refractivity contribution in [2.75, 3.05) is 6.54 Å². The van der Waals surface area contributed by atoms with Gasteiger partial charge in [0, 0.05) is 6.04 Å². The SMILES string of the molecule is CC1CCN(C(C)c2ccccc2)C1C(=O)OCc1ccccc1. The summed E-state index contributed by atoms with van der Waals surface area (Å²) in [7, 11) is 0. The fourth-order valence-corrected chi connectivity index (χ4v) is 3.52. The van der Waals surface area contributed by atoms with Crippen LogP contribution in [-0.2, 0) is 16.1 Å². The largest absolute Gasteiger partial charge is 0.460 e. The van der Waals surface area contributed by atoms with Crippen molar-refractivity contribution in [1.82, 2.24) is 4.90 Å². The van der Waals surface area contributed by atoms with Gasteiger partial charge in [0.1, 0.15) is 12.6 Å². The number of esters is 1. The maximum atomic E-state index is 12.7. The second-order valence-corrected chi connectivity index (χ2v) is 6.63. The van der Waals surface area contributed by atoms with Crippen molar-refractivity contribution < 1.29 is 9.53 Å². The van der Waals surface area contributed by atoms with Gasteiger partial charge in [-0.15, -0.1) is 0 Å². The van der Waals surface area contributed by atoms with Crippen LogP contribution in [0.15, 0.2) is 60.7 Å². The quantitative estimate of drug-likeness (QED) is 0.772. The third-order valence-electron chi connectivity index (χ3n) is 4.98. The van der Waals surface area contributed by atoms with Crippen LogP contribution in [-0.4, -0.2) is 23.5 Å². The molecule has 1 fully saturated rings. The Bertz CT molecular complexity index is 656. The summed E-state index contributed by atoms with van der Waals surface area (Å²) >= 11 is 0. The first-order valence-corrected chi connectivity index (χ1v) is 8.68. The van der Waals surface area contributed by atoms with Crippen molar-refractivity contribution in [2.45, 2.75) is 39.0 Å². The number of hydrogen-bond acceptors (Lipinski definition) is 3. The lowest BCUT2D eigenvalue weighted by atomic mass is 10.0. The lowest BCUT2D eigenvalue weighted by molar-refractivity contribution is -0.152. The maximum Gasteiger partial charge on any atom is 0.323 e. The second-order valence-electron chi connectivity index (χ2n) is 6.63. The summed E-state index contributed by atoms with van der Waals surface area (Å²) < 4.78 is 5.62. The molecule has 1 aliphatic rings. The monoisotopic (exact) mass is 323 g/mol. The van der Waals surface area contributed by atoms with Gasteiger partial charge in [-0.25, -0.2) is 0 Å². The molecule has 0 aliphatic carbocycles. The van der Waals surface area contributed by atoms with E-state index >= 15 is 0 Å². The minimum absolute atomic E-state index is 0.105.